The number of aryl methyl sites for hydroxylation is 1. The highest BCUT2D eigenvalue weighted by Gasteiger charge is 2.13. The molecule has 3 rings (SSSR count). The lowest BCUT2D eigenvalue weighted by Crippen LogP contribution is -2.36. The molecule has 2 aromatic carbocycles. The zero-order chi connectivity index (χ0) is 19.8. The van der Waals surface area contributed by atoms with Gasteiger partial charge < -0.3 is 24.8 Å². The van der Waals surface area contributed by atoms with Gasteiger partial charge in [-0.3, -0.25) is 4.79 Å². The van der Waals surface area contributed by atoms with Gasteiger partial charge in [-0.1, -0.05) is 24.3 Å². The number of ether oxygens (including phenoxy) is 2. The highest BCUT2D eigenvalue weighted by molar-refractivity contribution is 5.76. The molecule has 2 aromatic rings. The number of nitrogens with one attached hydrogen (secondary N) is 1. The number of morpholine rings is 1. The number of methoxy groups -OCH3 is 1. The zero-order valence-electron chi connectivity index (χ0n) is 16.3. The van der Waals surface area contributed by atoms with Gasteiger partial charge in [0.1, 0.15) is 5.75 Å². The van der Waals surface area contributed by atoms with E-state index in [1.807, 2.05) is 48.5 Å². The highest BCUT2D eigenvalue weighted by Crippen LogP contribution is 2.20. The smallest absolute Gasteiger partial charge is 0.220 e. The molecular formula is C22H28N2O4. The third-order valence-corrected chi connectivity index (χ3v) is 4.95. The van der Waals surface area contributed by atoms with Crippen LogP contribution in [0.15, 0.2) is 48.5 Å². The molecule has 1 heterocycles. The molecule has 0 spiro atoms. The van der Waals surface area contributed by atoms with E-state index in [0.717, 1.165) is 48.9 Å². The predicted octanol–water partition coefficient (Wildman–Crippen LogP) is 2.31. The number of anilines is 1. The second kappa shape index (κ2) is 10.1. The minimum absolute atomic E-state index is 0.0696. The average Bonchev–Trinajstić information content (AvgIpc) is 2.77. The Morgan fingerprint density at radius 1 is 1.14 bits per heavy atom. The van der Waals surface area contributed by atoms with Crippen molar-refractivity contribution in [1.29, 1.82) is 0 Å². The molecule has 1 fully saturated rings. The van der Waals surface area contributed by atoms with Gasteiger partial charge in [-0.05, 0) is 41.8 Å². The maximum Gasteiger partial charge on any atom is 0.220 e. The Morgan fingerprint density at radius 2 is 1.82 bits per heavy atom. The predicted molar refractivity (Wildman–Crippen MR) is 109 cm³/mol. The van der Waals surface area contributed by atoms with Crippen LogP contribution in [0.1, 0.15) is 23.7 Å². The summed E-state index contributed by atoms with van der Waals surface area (Å²) in [5.41, 5.74) is 3.01. The molecule has 0 aromatic heterocycles. The van der Waals surface area contributed by atoms with Crippen LogP contribution in [-0.2, 0) is 16.0 Å². The Bertz CT molecular complexity index is 740. The molecule has 28 heavy (non-hydrogen) atoms. The number of carbonyl (C=O) groups excluding carboxylic acids is 1. The van der Waals surface area contributed by atoms with Gasteiger partial charge in [0.05, 0.1) is 26.4 Å². The van der Waals surface area contributed by atoms with Crippen LogP contribution in [0, 0.1) is 0 Å². The van der Waals surface area contributed by atoms with Crippen LogP contribution >= 0.6 is 0 Å². The van der Waals surface area contributed by atoms with Gasteiger partial charge in [-0.15, -0.1) is 0 Å². The molecule has 0 bridgehead atoms. The molecule has 2 N–H and O–H groups in total. The van der Waals surface area contributed by atoms with Crippen molar-refractivity contribution in [1.82, 2.24) is 5.32 Å². The number of rotatable bonds is 8. The first-order chi connectivity index (χ1) is 13.7. The van der Waals surface area contributed by atoms with Crippen LogP contribution in [0.3, 0.4) is 0 Å². The van der Waals surface area contributed by atoms with Crippen molar-refractivity contribution in [2.24, 2.45) is 0 Å². The summed E-state index contributed by atoms with van der Waals surface area (Å²) in [7, 11) is 1.63. The molecule has 1 aliphatic rings. The van der Waals surface area contributed by atoms with Crippen molar-refractivity contribution in [3.05, 3.63) is 59.7 Å². The summed E-state index contributed by atoms with van der Waals surface area (Å²) in [5.74, 6) is 0.732. The minimum atomic E-state index is -0.719. The van der Waals surface area contributed by atoms with E-state index in [9.17, 15) is 9.90 Å². The van der Waals surface area contributed by atoms with E-state index in [4.69, 9.17) is 9.47 Å². The van der Waals surface area contributed by atoms with Crippen molar-refractivity contribution in [3.63, 3.8) is 0 Å². The lowest BCUT2D eigenvalue weighted by molar-refractivity contribution is -0.121. The number of aliphatic hydroxyl groups is 1. The van der Waals surface area contributed by atoms with E-state index in [1.165, 1.54) is 0 Å². The van der Waals surface area contributed by atoms with E-state index in [-0.39, 0.29) is 12.5 Å². The van der Waals surface area contributed by atoms with Gasteiger partial charge in [0.25, 0.3) is 0 Å². The summed E-state index contributed by atoms with van der Waals surface area (Å²) < 4.78 is 10.5. The van der Waals surface area contributed by atoms with Crippen LogP contribution in [0.4, 0.5) is 5.69 Å². The maximum atomic E-state index is 12.1. The maximum absolute atomic E-state index is 12.1. The normalized spacial score (nSPS) is 15.1. The lowest BCUT2D eigenvalue weighted by atomic mass is 10.1. The Morgan fingerprint density at radius 3 is 2.46 bits per heavy atom. The van der Waals surface area contributed by atoms with Gasteiger partial charge in [0.2, 0.25) is 5.91 Å². The fourth-order valence-corrected chi connectivity index (χ4v) is 3.20. The summed E-state index contributed by atoms with van der Waals surface area (Å²) in [5, 5.41) is 13.2. The zero-order valence-corrected chi connectivity index (χ0v) is 16.3. The van der Waals surface area contributed by atoms with Crippen molar-refractivity contribution < 1.29 is 19.4 Å². The molecule has 1 atom stereocenters. The number of aliphatic hydroxyl groups excluding tert-OH is 1. The Kier molecular flexibility index (Phi) is 7.28. The fourth-order valence-electron chi connectivity index (χ4n) is 3.20. The third-order valence-electron chi connectivity index (χ3n) is 4.95. The largest absolute Gasteiger partial charge is 0.497 e. The van der Waals surface area contributed by atoms with Crippen LogP contribution in [0.2, 0.25) is 0 Å². The topological polar surface area (TPSA) is 71.0 Å². The van der Waals surface area contributed by atoms with Crippen LogP contribution in [0.25, 0.3) is 0 Å². The van der Waals surface area contributed by atoms with E-state index in [2.05, 4.69) is 10.2 Å². The summed E-state index contributed by atoms with van der Waals surface area (Å²) in [6.07, 6.45) is 0.318. The van der Waals surface area contributed by atoms with Gasteiger partial charge >= 0.3 is 0 Å². The molecule has 1 saturated heterocycles. The Labute approximate surface area is 166 Å². The molecule has 6 heteroatoms. The molecule has 0 saturated carbocycles. The molecular weight excluding hydrogens is 356 g/mol. The van der Waals surface area contributed by atoms with E-state index < -0.39 is 6.10 Å². The van der Waals surface area contributed by atoms with Crippen molar-refractivity contribution in [2.45, 2.75) is 18.9 Å². The first-order valence-corrected chi connectivity index (χ1v) is 9.66. The van der Waals surface area contributed by atoms with E-state index in [0.29, 0.717) is 12.8 Å². The minimum Gasteiger partial charge on any atom is -0.497 e. The van der Waals surface area contributed by atoms with Crippen molar-refractivity contribution in [3.8, 4) is 5.75 Å². The highest BCUT2D eigenvalue weighted by atomic mass is 16.5. The Hall–Kier alpha value is -2.57. The molecule has 0 radical (unpaired) electrons. The number of carbonyl (C=O) groups is 1. The van der Waals surface area contributed by atoms with Crippen LogP contribution < -0.4 is 15.0 Å². The number of nitrogens with zero attached hydrogens (tertiary/aromatic N) is 1. The molecule has 0 aliphatic carbocycles. The SMILES string of the molecule is COc1ccc(CCC(=O)NCC(O)c2ccc(N3CCOCC3)cc2)cc1. The van der Waals surface area contributed by atoms with Crippen LogP contribution in [-0.4, -0.2) is 51.0 Å². The van der Waals surface area contributed by atoms with Crippen molar-refractivity contribution >= 4 is 11.6 Å². The lowest BCUT2D eigenvalue weighted by Gasteiger charge is -2.29. The second-order valence-electron chi connectivity index (χ2n) is 6.86. The number of hydrogen-bond acceptors (Lipinski definition) is 5. The summed E-state index contributed by atoms with van der Waals surface area (Å²) in [6.45, 7) is 3.45. The summed E-state index contributed by atoms with van der Waals surface area (Å²) >= 11 is 0. The van der Waals surface area contributed by atoms with Gasteiger partial charge in [0, 0.05) is 31.7 Å². The fraction of sp³-hybridized carbons (Fsp3) is 0.409. The Balaban J connectivity index is 1.42. The molecule has 1 amide bonds. The molecule has 6 nitrogen and oxygen atoms in total. The van der Waals surface area contributed by atoms with Gasteiger partial charge in [-0.2, -0.15) is 0 Å². The first kappa shape index (κ1) is 20.2. The van der Waals surface area contributed by atoms with E-state index in [1.54, 1.807) is 7.11 Å². The molecule has 1 aliphatic heterocycles. The molecule has 1 unspecified atom stereocenters. The van der Waals surface area contributed by atoms with Crippen LogP contribution in [0.5, 0.6) is 5.75 Å². The van der Waals surface area contributed by atoms with E-state index >= 15 is 0 Å². The quantitative estimate of drug-likeness (QED) is 0.731. The second-order valence-corrected chi connectivity index (χ2v) is 6.86. The van der Waals surface area contributed by atoms with Gasteiger partial charge in [-0.25, -0.2) is 0 Å². The van der Waals surface area contributed by atoms with Crippen molar-refractivity contribution in [2.75, 3.05) is 44.9 Å². The number of hydrogen-bond donors (Lipinski definition) is 2. The first-order valence-electron chi connectivity index (χ1n) is 9.66. The standard InChI is InChI=1S/C22H28N2O4/c1-27-20-9-2-17(3-10-20)4-11-22(26)23-16-21(25)18-5-7-19(8-6-18)24-12-14-28-15-13-24/h2-3,5-10,21,25H,4,11-16H2,1H3,(H,23,26). The summed E-state index contributed by atoms with van der Waals surface area (Å²) in [4.78, 5) is 14.3. The third kappa shape index (κ3) is 5.71. The van der Waals surface area contributed by atoms with Gasteiger partial charge in [0.15, 0.2) is 0 Å². The summed E-state index contributed by atoms with van der Waals surface area (Å²) in [6, 6.07) is 15.5. The number of benzene rings is 2. The number of amides is 1. The molecule has 150 valence electrons. The average molecular weight is 384 g/mol. The monoisotopic (exact) mass is 384 g/mol.